The molecule has 1 aliphatic carbocycles. The number of carbonyl (C=O) groups excluding carboxylic acids is 4. The van der Waals surface area contributed by atoms with Crippen molar-refractivity contribution in [2.75, 3.05) is 33.7 Å². The van der Waals surface area contributed by atoms with Crippen molar-refractivity contribution >= 4 is 24.0 Å². The van der Waals surface area contributed by atoms with Crippen molar-refractivity contribution in [2.45, 2.75) is 123 Å². The van der Waals surface area contributed by atoms with Gasteiger partial charge < -0.3 is 40.1 Å². The fourth-order valence-electron chi connectivity index (χ4n) is 5.79. The summed E-state index contributed by atoms with van der Waals surface area (Å²) in [5.41, 5.74) is 0.133. The molecule has 1 fully saturated rings. The van der Waals surface area contributed by atoms with Crippen LogP contribution in [0.4, 0.5) is 9.59 Å². The van der Waals surface area contributed by atoms with Crippen molar-refractivity contribution in [1.29, 1.82) is 0 Å². The molecule has 4 N–H and O–H groups in total. The molecule has 0 radical (unpaired) electrons. The molecular weight excluding hydrogens is 628 g/mol. The van der Waals surface area contributed by atoms with E-state index >= 15 is 0 Å². The van der Waals surface area contributed by atoms with Gasteiger partial charge in [0.1, 0.15) is 11.7 Å². The van der Waals surface area contributed by atoms with Crippen LogP contribution in [0.5, 0.6) is 0 Å². The number of amides is 4. The van der Waals surface area contributed by atoms with E-state index in [1.165, 1.54) is 23.3 Å². The second-order valence-electron chi connectivity index (χ2n) is 15.1. The molecule has 278 valence electrons. The minimum atomic E-state index is -1.18. The van der Waals surface area contributed by atoms with Crippen LogP contribution >= 0.6 is 0 Å². The van der Waals surface area contributed by atoms with E-state index in [9.17, 15) is 29.4 Å². The molecule has 2 rings (SSSR count). The Kier molecular flexibility index (Phi) is 17.3. The van der Waals surface area contributed by atoms with Crippen LogP contribution in [0, 0.1) is 17.8 Å². The molecular formula is C37H62N4O8. The highest BCUT2D eigenvalue weighted by Gasteiger charge is 2.33. The van der Waals surface area contributed by atoms with Gasteiger partial charge in [-0.2, -0.15) is 0 Å². The molecule has 0 aromatic heterocycles. The maximum Gasteiger partial charge on any atom is 0.410 e. The van der Waals surface area contributed by atoms with E-state index in [1.54, 1.807) is 34.7 Å². The minimum Gasteiger partial charge on any atom is -0.444 e. The van der Waals surface area contributed by atoms with Gasteiger partial charge in [0, 0.05) is 40.2 Å². The topological polar surface area (TPSA) is 158 Å². The minimum absolute atomic E-state index is 0.0230. The number of likely N-dealkylation sites (N-methyl/N-ethyl adjacent to an activating group) is 2. The molecule has 1 saturated carbocycles. The maximum atomic E-state index is 13.4. The lowest BCUT2D eigenvalue weighted by atomic mass is 9.82. The number of aliphatic hydroxyl groups excluding tert-OH is 2. The number of carbonyl (C=O) groups is 4. The Balaban J connectivity index is 2.04. The molecule has 0 heterocycles. The summed E-state index contributed by atoms with van der Waals surface area (Å²) in [5.74, 6) is -1.02. The third kappa shape index (κ3) is 15.8. The van der Waals surface area contributed by atoms with Gasteiger partial charge in [-0.1, -0.05) is 83.2 Å². The van der Waals surface area contributed by atoms with Gasteiger partial charge in [0.25, 0.3) is 5.91 Å². The lowest BCUT2D eigenvalue weighted by molar-refractivity contribution is -0.131. The molecule has 1 aromatic rings. The van der Waals surface area contributed by atoms with Crippen molar-refractivity contribution in [1.82, 2.24) is 20.4 Å². The number of aliphatic hydroxyl groups is 2. The zero-order valence-electron chi connectivity index (χ0n) is 30.9. The number of benzene rings is 1. The third-order valence-corrected chi connectivity index (χ3v) is 8.78. The first-order chi connectivity index (χ1) is 23.0. The predicted molar refractivity (Wildman–Crippen MR) is 189 cm³/mol. The summed E-state index contributed by atoms with van der Waals surface area (Å²) in [6, 6.07) is 8.55. The van der Waals surface area contributed by atoms with Crippen LogP contribution in [0.2, 0.25) is 0 Å². The molecule has 12 nitrogen and oxygen atoms in total. The van der Waals surface area contributed by atoms with Crippen LogP contribution < -0.4 is 10.6 Å². The quantitative estimate of drug-likeness (QED) is 0.186. The summed E-state index contributed by atoms with van der Waals surface area (Å²) < 4.78 is 11.0. The Bertz CT molecular complexity index is 1170. The number of hydrogen-bond acceptors (Lipinski definition) is 8. The summed E-state index contributed by atoms with van der Waals surface area (Å²) in [5, 5.41) is 27.5. The van der Waals surface area contributed by atoms with Crippen molar-refractivity contribution < 1.29 is 38.9 Å². The van der Waals surface area contributed by atoms with Crippen molar-refractivity contribution in [3.05, 3.63) is 35.9 Å². The summed E-state index contributed by atoms with van der Waals surface area (Å²) >= 11 is 0. The van der Waals surface area contributed by atoms with Crippen LogP contribution in [-0.2, 0) is 25.5 Å². The van der Waals surface area contributed by atoms with Crippen LogP contribution in [0.3, 0.4) is 0 Å². The van der Waals surface area contributed by atoms with Gasteiger partial charge in [-0.15, -0.1) is 0 Å². The van der Waals surface area contributed by atoms with Crippen molar-refractivity contribution in [2.24, 2.45) is 17.8 Å². The Morgan fingerprint density at radius 1 is 0.898 bits per heavy atom. The van der Waals surface area contributed by atoms with Gasteiger partial charge >= 0.3 is 12.2 Å². The van der Waals surface area contributed by atoms with Crippen LogP contribution in [0.25, 0.3) is 0 Å². The highest BCUT2D eigenvalue weighted by molar-refractivity contribution is 5.85. The molecule has 4 amide bonds. The van der Waals surface area contributed by atoms with Gasteiger partial charge in [-0.25, -0.2) is 9.59 Å². The van der Waals surface area contributed by atoms with Gasteiger partial charge in [0.05, 0.1) is 18.1 Å². The first-order valence-corrected chi connectivity index (χ1v) is 17.8. The van der Waals surface area contributed by atoms with E-state index in [2.05, 4.69) is 10.6 Å². The Morgan fingerprint density at radius 2 is 1.49 bits per heavy atom. The fraction of sp³-hybridized carbons (Fsp3) is 0.730. The number of hydrogen-bond donors (Lipinski definition) is 4. The Hall–Kier alpha value is -3.38. The molecule has 1 unspecified atom stereocenters. The standard InChI is InChI=1S/C37H62N4O8/c1-25(2)21-30(42)32(43)29(22-27-15-11-9-12-16-27)39-33(44)26(3)24-38-34(45)31(23-28-17-13-10-14-18-28)48-35(46)40(7)19-20-41(8)36(47)49-37(4,5)6/h10,13-14,17-18,25-27,29-32,42-43H,9,11-12,15-16,19-24H2,1-8H3,(H,38,45)(H,39,44)/t26-,29?,30+,31+,32-/m1/s1. The lowest BCUT2D eigenvalue weighted by Gasteiger charge is -2.33. The molecule has 1 aliphatic rings. The van der Waals surface area contributed by atoms with Gasteiger partial charge in [0.2, 0.25) is 5.91 Å². The molecule has 49 heavy (non-hydrogen) atoms. The molecule has 1 aromatic carbocycles. The van der Waals surface area contributed by atoms with Crippen LogP contribution in [0.1, 0.15) is 92.1 Å². The third-order valence-electron chi connectivity index (χ3n) is 8.78. The second-order valence-corrected chi connectivity index (χ2v) is 15.1. The van der Waals surface area contributed by atoms with Crippen LogP contribution in [-0.4, -0.2) is 108 Å². The first-order valence-electron chi connectivity index (χ1n) is 17.8. The van der Waals surface area contributed by atoms with E-state index in [-0.39, 0.29) is 37.9 Å². The van der Waals surface area contributed by atoms with E-state index in [1.807, 2.05) is 44.2 Å². The second kappa shape index (κ2) is 20.3. The molecule has 0 aliphatic heterocycles. The monoisotopic (exact) mass is 690 g/mol. The molecule has 0 bridgehead atoms. The number of rotatable bonds is 17. The maximum absolute atomic E-state index is 13.4. The normalized spacial score (nSPS) is 16.9. The number of nitrogens with zero attached hydrogens (tertiary/aromatic N) is 2. The van der Waals surface area contributed by atoms with Crippen molar-refractivity contribution in [3.8, 4) is 0 Å². The Labute approximate surface area is 293 Å². The zero-order chi connectivity index (χ0) is 36.7. The highest BCUT2D eigenvalue weighted by Crippen LogP contribution is 2.29. The lowest BCUT2D eigenvalue weighted by Crippen LogP contribution is -2.52. The van der Waals surface area contributed by atoms with E-state index < -0.39 is 54.0 Å². The summed E-state index contributed by atoms with van der Waals surface area (Å²) in [6.45, 7) is 11.2. The average Bonchev–Trinajstić information content (AvgIpc) is 3.04. The fourth-order valence-corrected chi connectivity index (χ4v) is 5.79. The average molecular weight is 691 g/mol. The van der Waals surface area contributed by atoms with Gasteiger partial charge in [-0.05, 0) is 51.0 Å². The van der Waals surface area contributed by atoms with Gasteiger partial charge in [-0.3, -0.25) is 9.59 Å². The van der Waals surface area contributed by atoms with E-state index in [4.69, 9.17) is 9.47 Å². The summed E-state index contributed by atoms with van der Waals surface area (Å²) in [7, 11) is 3.09. The molecule has 0 spiro atoms. The van der Waals surface area contributed by atoms with E-state index in [0.29, 0.717) is 18.8 Å². The molecule has 0 saturated heterocycles. The van der Waals surface area contributed by atoms with Crippen molar-refractivity contribution in [3.63, 3.8) is 0 Å². The number of ether oxygens (including phenoxy) is 2. The summed E-state index contributed by atoms with van der Waals surface area (Å²) in [4.78, 5) is 54.8. The first kappa shape index (κ1) is 41.8. The smallest absolute Gasteiger partial charge is 0.410 e. The Morgan fingerprint density at radius 3 is 2.06 bits per heavy atom. The van der Waals surface area contributed by atoms with E-state index in [0.717, 1.165) is 31.2 Å². The number of nitrogens with one attached hydrogen (secondary N) is 2. The highest BCUT2D eigenvalue weighted by atomic mass is 16.6. The summed E-state index contributed by atoms with van der Waals surface area (Å²) in [6.07, 6.45) is 2.09. The largest absolute Gasteiger partial charge is 0.444 e. The predicted octanol–water partition coefficient (Wildman–Crippen LogP) is 4.51. The van der Waals surface area contributed by atoms with Crippen LogP contribution in [0.15, 0.2) is 30.3 Å². The SMILES string of the molecule is CC(C)C[C@H](O)[C@H](O)C(CC1CCCCC1)NC(=O)[C@H](C)CNC(=O)[C@H](Cc1ccccc1)OC(=O)N(C)CCN(C)C(=O)OC(C)(C)C. The zero-order valence-corrected chi connectivity index (χ0v) is 30.9. The molecule has 5 atom stereocenters. The van der Waals surface area contributed by atoms with Gasteiger partial charge in [0.15, 0.2) is 6.10 Å². The molecule has 12 heteroatoms.